The van der Waals surface area contributed by atoms with Crippen molar-refractivity contribution in [3.8, 4) is 28.5 Å². The van der Waals surface area contributed by atoms with E-state index < -0.39 is 5.82 Å². The Morgan fingerprint density at radius 2 is 1.88 bits per heavy atom. The van der Waals surface area contributed by atoms with E-state index in [1.807, 2.05) is 43.3 Å². The molecule has 0 aliphatic carbocycles. The zero-order valence-corrected chi connectivity index (χ0v) is 18.4. The summed E-state index contributed by atoms with van der Waals surface area (Å²) >= 11 is 0. The molecule has 5 rings (SSSR count). The average molecular weight is 437 g/mol. The standard InChI is InChI=1S/C26H20FN5O/c1-4-22-19-11-15(9-10-18(19)26(33)31-30-22)21-13-29-32(3)25(21)23-20(12-28)17-8-6-5-7-16(17)14(2)24(23)27/h5-11,13H,4H2,1-3H3,(H,31,33). The Kier molecular flexibility index (Phi) is 4.79. The monoisotopic (exact) mass is 437 g/mol. The molecular weight excluding hydrogens is 417 g/mol. The molecule has 2 aromatic heterocycles. The van der Waals surface area contributed by atoms with Crippen molar-refractivity contribution >= 4 is 21.5 Å². The first-order valence-electron chi connectivity index (χ1n) is 10.6. The third-order valence-electron chi connectivity index (χ3n) is 6.20. The molecule has 162 valence electrons. The predicted octanol–water partition coefficient (Wildman–Crippen LogP) is 5.03. The van der Waals surface area contributed by atoms with Crippen molar-refractivity contribution in [3.63, 3.8) is 0 Å². The van der Waals surface area contributed by atoms with Crippen LogP contribution >= 0.6 is 0 Å². The number of hydrogen-bond acceptors (Lipinski definition) is 4. The van der Waals surface area contributed by atoms with Crippen molar-refractivity contribution in [1.82, 2.24) is 20.0 Å². The van der Waals surface area contributed by atoms with Gasteiger partial charge in [0.1, 0.15) is 11.9 Å². The molecule has 0 saturated heterocycles. The van der Waals surface area contributed by atoms with Gasteiger partial charge in [-0.05, 0) is 42.0 Å². The van der Waals surface area contributed by atoms with Crippen LogP contribution in [-0.2, 0) is 13.5 Å². The van der Waals surface area contributed by atoms with Crippen LogP contribution in [0, 0.1) is 24.1 Å². The normalized spacial score (nSPS) is 11.2. The minimum atomic E-state index is -0.441. The number of aromatic nitrogens is 4. The van der Waals surface area contributed by atoms with Crippen LogP contribution in [0.5, 0.6) is 0 Å². The number of aromatic amines is 1. The number of aryl methyl sites for hydroxylation is 3. The fourth-order valence-corrected chi connectivity index (χ4v) is 4.52. The molecule has 0 unspecified atom stereocenters. The summed E-state index contributed by atoms with van der Waals surface area (Å²) in [6, 6.07) is 15.0. The molecule has 0 aliphatic heterocycles. The van der Waals surface area contributed by atoms with Gasteiger partial charge in [-0.25, -0.2) is 9.49 Å². The van der Waals surface area contributed by atoms with Crippen LogP contribution < -0.4 is 5.56 Å². The van der Waals surface area contributed by atoms with E-state index in [0.29, 0.717) is 39.4 Å². The summed E-state index contributed by atoms with van der Waals surface area (Å²) in [5.41, 5.74) is 3.43. The molecule has 0 spiro atoms. The summed E-state index contributed by atoms with van der Waals surface area (Å²) < 4.78 is 17.4. The van der Waals surface area contributed by atoms with E-state index in [1.165, 1.54) is 0 Å². The number of nitrogens with one attached hydrogen (secondary N) is 1. The quantitative estimate of drug-likeness (QED) is 0.429. The Balaban J connectivity index is 1.85. The molecule has 2 heterocycles. The number of H-pyrrole nitrogens is 1. The lowest BCUT2D eigenvalue weighted by Crippen LogP contribution is -2.10. The number of hydrogen-bond donors (Lipinski definition) is 1. The van der Waals surface area contributed by atoms with Crippen LogP contribution in [0.15, 0.2) is 53.5 Å². The Morgan fingerprint density at radius 1 is 1.12 bits per heavy atom. The number of fused-ring (bicyclic) bond motifs is 2. The van der Waals surface area contributed by atoms with Crippen molar-refractivity contribution in [2.24, 2.45) is 7.05 Å². The van der Waals surface area contributed by atoms with E-state index in [9.17, 15) is 10.1 Å². The molecule has 0 aliphatic rings. The summed E-state index contributed by atoms with van der Waals surface area (Å²) in [6.45, 7) is 3.69. The highest BCUT2D eigenvalue weighted by Crippen LogP contribution is 2.40. The number of nitrogens with zero attached hydrogens (tertiary/aromatic N) is 4. The SMILES string of the molecule is CCc1n[nH]c(=O)c2ccc(-c3cnn(C)c3-c3c(F)c(C)c4ccccc4c3C#N)cc12. The Morgan fingerprint density at radius 3 is 2.61 bits per heavy atom. The zero-order valence-electron chi connectivity index (χ0n) is 18.4. The molecule has 0 atom stereocenters. The highest BCUT2D eigenvalue weighted by atomic mass is 19.1. The molecule has 0 saturated carbocycles. The summed E-state index contributed by atoms with van der Waals surface area (Å²) in [6.07, 6.45) is 2.31. The molecule has 0 bridgehead atoms. The van der Waals surface area contributed by atoms with Gasteiger partial charge < -0.3 is 0 Å². The molecular formula is C26H20FN5O. The van der Waals surface area contributed by atoms with E-state index in [-0.39, 0.29) is 16.7 Å². The second-order valence-corrected chi connectivity index (χ2v) is 7.99. The number of benzene rings is 3. The van der Waals surface area contributed by atoms with E-state index >= 15 is 4.39 Å². The van der Waals surface area contributed by atoms with Crippen molar-refractivity contribution < 1.29 is 4.39 Å². The highest BCUT2D eigenvalue weighted by molar-refractivity contribution is 5.99. The minimum Gasteiger partial charge on any atom is -0.267 e. The number of nitriles is 1. The topological polar surface area (TPSA) is 87.4 Å². The molecule has 3 aromatic carbocycles. The maximum atomic E-state index is 15.8. The lowest BCUT2D eigenvalue weighted by Gasteiger charge is -2.15. The second kappa shape index (κ2) is 7.68. The summed E-state index contributed by atoms with van der Waals surface area (Å²) in [7, 11) is 1.73. The minimum absolute atomic E-state index is 0.226. The van der Waals surface area contributed by atoms with Gasteiger partial charge in [-0.2, -0.15) is 15.5 Å². The maximum absolute atomic E-state index is 15.8. The molecule has 7 heteroatoms. The average Bonchev–Trinajstić information content (AvgIpc) is 3.22. The molecule has 1 N–H and O–H groups in total. The van der Waals surface area contributed by atoms with Gasteiger partial charge in [-0.15, -0.1) is 0 Å². The van der Waals surface area contributed by atoms with Gasteiger partial charge in [0, 0.05) is 23.4 Å². The van der Waals surface area contributed by atoms with Crippen LogP contribution in [0.2, 0.25) is 0 Å². The van der Waals surface area contributed by atoms with Crippen LogP contribution in [-0.4, -0.2) is 20.0 Å². The fraction of sp³-hybridized carbons (Fsp3) is 0.154. The largest absolute Gasteiger partial charge is 0.272 e. The molecule has 0 amide bonds. The van der Waals surface area contributed by atoms with Crippen LogP contribution in [0.1, 0.15) is 23.7 Å². The Hall–Kier alpha value is -4.31. The molecule has 33 heavy (non-hydrogen) atoms. The number of halogens is 1. The van der Waals surface area contributed by atoms with Gasteiger partial charge in [0.15, 0.2) is 0 Å². The molecule has 6 nitrogen and oxygen atoms in total. The van der Waals surface area contributed by atoms with Crippen LogP contribution in [0.4, 0.5) is 4.39 Å². The lowest BCUT2D eigenvalue weighted by atomic mass is 9.90. The fourth-order valence-electron chi connectivity index (χ4n) is 4.52. The first-order valence-corrected chi connectivity index (χ1v) is 10.6. The van der Waals surface area contributed by atoms with Gasteiger partial charge in [-0.3, -0.25) is 9.48 Å². The van der Waals surface area contributed by atoms with Gasteiger partial charge in [0.2, 0.25) is 0 Å². The third-order valence-corrected chi connectivity index (χ3v) is 6.20. The van der Waals surface area contributed by atoms with Gasteiger partial charge in [0.05, 0.1) is 34.1 Å². The van der Waals surface area contributed by atoms with Crippen LogP contribution in [0.3, 0.4) is 0 Å². The van der Waals surface area contributed by atoms with Crippen LogP contribution in [0.25, 0.3) is 43.9 Å². The summed E-state index contributed by atoms with van der Waals surface area (Å²) in [5, 5.41) is 23.8. The van der Waals surface area contributed by atoms with Crippen molar-refractivity contribution in [3.05, 3.63) is 81.7 Å². The highest BCUT2D eigenvalue weighted by Gasteiger charge is 2.24. The third kappa shape index (κ3) is 3.03. The predicted molar refractivity (Wildman–Crippen MR) is 126 cm³/mol. The van der Waals surface area contributed by atoms with Crippen molar-refractivity contribution in [2.45, 2.75) is 20.3 Å². The van der Waals surface area contributed by atoms with Gasteiger partial charge in [0.25, 0.3) is 5.56 Å². The summed E-state index contributed by atoms with van der Waals surface area (Å²) in [5.74, 6) is -0.441. The smallest absolute Gasteiger partial charge is 0.267 e. The van der Waals surface area contributed by atoms with Gasteiger partial charge >= 0.3 is 0 Å². The zero-order chi connectivity index (χ0) is 23.3. The van der Waals surface area contributed by atoms with E-state index in [0.717, 1.165) is 16.6 Å². The lowest BCUT2D eigenvalue weighted by molar-refractivity contribution is 0.621. The van der Waals surface area contributed by atoms with Gasteiger partial charge in [-0.1, -0.05) is 37.3 Å². The van der Waals surface area contributed by atoms with E-state index in [4.69, 9.17) is 0 Å². The first kappa shape index (κ1) is 20.6. The Bertz CT molecular complexity index is 1670. The number of rotatable bonds is 3. The maximum Gasteiger partial charge on any atom is 0.272 e. The van der Waals surface area contributed by atoms with E-state index in [1.54, 1.807) is 30.9 Å². The molecule has 0 radical (unpaired) electrons. The van der Waals surface area contributed by atoms with E-state index in [2.05, 4.69) is 21.4 Å². The molecule has 0 fully saturated rings. The summed E-state index contributed by atoms with van der Waals surface area (Å²) in [4.78, 5) is 12.3. The first-order chi connectivity index (χ1) is 16.0. The van der Waals surface area contributed by atoms with Crippen molar-refractivity contribution in [1.29, 1.82) is 5.26 Å². The Labute approximate surface area is 188 Å². The van der Waals surface area contributed by atoms with Crippen molar-refractivity contribution in [2.75, 3.05) is 0 Å². The second-order valence-electron chi connectivity index (χ2n) is 7.99. The molecule has 5 aromatic rings.